The van der Waals surface area contributed by atoms with E-state index < -0.39 is 4.92 Å². The lowest BCUT2D eigenvalue weighted by Gasteiger charge is -2.12. The zero-order valence-electron chi connectivity index (χ0n) is 15.4. The maximum atomic E-state index is 13.1. The number of non-ortho nitro benzene ring substituents is 1. The summed E-state index contributed by atoms with van der Waals surface area (Å²) in [6, 6.07) is 11.2. The number of hydrogen-bond donors (Lipinski definition) is 2. The standard InChI is InChI=1S/C19H23FN4O2.HI/c1-3-21-19(22-11-10-16-6-7-17(20)12-14(16)2)23-13-15-4-8-18(9-5-15)24(25)26;/h4-9,12H,3,10-11,13H2,1-2H3,(H2,21,22,23);1H. The summed E-state index contributed by atoms with van der Waals surface area (Å²) in [5, 5.41) is 17.1. The van der Waals surface area contributed by atoms with Crippen LogP contribution in [0.2, 0.25) is 0 Å². The lowest BCUT2D eigenvalue weighted by molar-refractivity contribution is -0.384. The minimum atomic E-state index is -0.421. The summed E-state index contributed by atoms with van der Waals surface area (Å²) in [6.07, 6.45) is 0.758. The first-order valence-electron chi connectivity index (χ1n) is 8.50. The Bertz CT molecular complexity index is 782. The highest BCUT2D eigenvalue weighted by Gasteiger charge is 2.04. The summed E-state index contributed by atoms with van der Waals surface area (Å²) in [5.74, 6) is 0.447. The van der Waals surface area contributed by atoms with E-state index >= 15 is 0 Å². The van der Waals surface area contributed by atoms with E-state index in [2.05, 4.69) is 15.6 Å². The molecule has 2 rings (SSSR count). The summed E-state index contributed by atoms with van der Waals surface area (Å²) in [7, 11) is 0. The maximum Gasteiger partial charge on any atom is 0.269 e. The van der Waals surface area contributed by atoms with Gasteiger partial charge >= 0.3 is 0 Å². The van der Waals surface area contributed by atoms with Gasteiger partial charge in [-0.2, -0.15) is 0 Å². The van der Waals surface area contributed by atoms with Crippen molar-refractivity contribution in [1.29, 1.82) is 0 Å². The topological polar surface area (TPSA) is 79.6 Å². The zero-order chi connectivity index (χ0) is 18.9. The highest BCUT2D eigenvalue weighted by Crippen LogP contribution is 2.12. The van der Waals surface area contributed by atoms with Crippen LogP contribution >= 0.6 is 24.0 Å². The van der Waals surface area contributed by atoms with Crippen LogP contribution < -0.4 is 10.6 Å². The normalized spacial score (nSPS) is 10.9. The Morgan fingerprint density at radius 1 is 1.19 bits per heavy atom. The Morgan fingerprint density at radius 3 is 2.48 bits per heavy atom. The summed E-state index contributed by atoms with van der Waals surface area (Å²) < 4.78 is 13.1. The van der Waals surface area contributed by atoms with E-state index in [1.165, 1.54) is 24.3 Å². The van der Waals surface area contributed by atoms with E-state index in [1.54, 1.807) is 18.2 Å². The molecule has 27 heavy (non-hydrogen) atoms. The zero-order valence-corrected chi connectivity index (χ0v) is 17.7. The highest BCUT2D eigenvalue weighted by molar-refractivity contribution is 14.0. The molecule has 6 nitrogen and oxygen atoms in total. The van der Waals surface area contributed by atoms with Crippen LogP contribution in [0.5, 0.6) is 0 Å². The second-order valence-electron chi connectivity index (χ2n) is 5.87. The molecule has 2 aromatic rings. The Labute approximate surface area is 175 Å². The van der Waals surface area contributed by atoms with Gasteiger partial charge in [-0.1, -0.05) is 18.2 Å². The molecule has 0 radical (unpaired) electrons. The van der Waals surface area contributed by atoms with Gasteiger partial charge in [0.05, 0.1) is 11.5 Å². The molecule has 0 atom stereocenters. The molecule has 0 amide bonds. The molecule has 0 aliphatic heterocycles. The van der Waals surface area contributed by atoms with Crippen LogP contribution in [-0.4, -0.2) is 24.0 Å². The molecule has 0 fully saturated rings. The lowest BCUT2D eigenvalue weighted by Crippen LogP contribution is -2.38. The molecule has 0 aromatic heterocycles. The first kappa shape index (κ1) is 22.8. The Kier molecular flexibility index (Phi) is 9.70. The molecular weight excluding hydrogens is 462 g/mol. The molecule has 0 saturated heterocycles. The van der Waals surface area contributed by atoms with Gasteiger partial charge in [0.2, 0.25) is 0 Å². The van der Waals surface area contributed by atoms with E-state index in [9.17, 15) is 14.5 Å². The van der Waals surface area contributed by atoms with Crippen molar-refractivity contribution in [3.8, 4) is 0 Å². The minimum Gasteiger partial charge on any atom is -0.357 e. The van der Waals surface area contributed by atoms with Gasteiger partial charge in [0.25, 0.3) is 5.69 Å². The number of nitro benzene ring substituents is 1. The molecule has 2 N–H and O–H groups in total. The molecule has 0 bridgehead atoms. The number of hydrogen-bond acceptors (Lipinski definition) is 3. The second kappa shape index (κ2) is 11.5. The van der Waals surface area contributed by atoms with Crippen molar-refractivity contribution < 1.29 is 9.31 Å². The largest absolute Gasteiger partial charge is 0.357 e. The molecule has 0 saturated carbocycles. The van der Waals surface area contributed by atoms with Crippen LogP contribution in [0, 0.1) is 22.9 Å². The third-order valence-electron chi connectivity index (χ3n) is 3.90. The number of halogens is 2. The van der Waals surface area contributed by atoms with Crippen molar-refractivity contribution in [3.05, 3.63) is 75.1 Å². The number of aliphatic imine (C=N–C) groups is 1. The number of nitro groups is 1. The van der Waals surface area contributed by atoms with E-state index in [4.69, 9.17) is 0 Å². The van der Waals surface area contributed by atoms with Crippen LogP contribution in [0.25, 0.3) is 0 Å². The minimum absolute atomic E-state index is 0. The van der Waals surface area contributed by atoms with Crippen molar-refractivity contribution >= 4 is 35.6 Å². The van der Waals surface area contributed by atoms with E-state index in [0.717, 1.165) is 29.7 Å². The van der Waals surface area contributed by atoms with Gasteiger partial charge in [0, 0.05) is 25.2 Å². The van der Waals surface area contributed by atoms with E-state index in [1.807, 2.05) is 13.8 Å². The summed E-state index contributed by atoms with van der Waals surface area (Å²) in [4.78, 5) is 14.7. The van der Waals surface area contributed by atoms with Gasteiger partial charge in [-0.15, -0.1) is 24.0 Å². The van der Waals surface area contributed by atoms with E-state index in [0.29, 0.717) is 19.0 Å². The van der Waals surface area contributed by atoms with Gasteiger partial charge in [0.15, 0.2) is 5.96 Å². The predicted molar refractivity (Wildman–Crippen MR) is 116 cm³/mol. The van der Waals surface area contributed by atoms with Crippen LogP contribution in [0.15, 0.2) is 47.5 Å². The Balaban J connectivity index is 0.00000364. The average Bonchev–Trinajstić information content (AvgIpc) is 2.61. The highest BCUT2D eigenvalue weighted by atomic mass is 127. The van der Waals surface area contributed by atoms with Crippen LogP contribution in [0.4, 0.5) is 10.1 Å². The number of rotatable bonds is 7. The monoisotopic (exact) mass is 486 g/mol. The SMILES string of the molecule is CCNC(=NCc1ccc([N+](=O)[O-])cc1)NCCc1ccc(F)cc1C.I. The van der Waals surface area contributed by atoms with Gasteiger partial charge in [-0.25, -0.2) is 9.38 Å². The van der Waals surface area contributed by atoms with Crippen LogP contribution in [0.3, 0.4) is 0 Å². The van der Waals surface area contributed by atoms with Crippen molar-refractivity contribution in [3.63, 3.8) is 0 Å². The first-order chi connectivity index (χ1) is 12.5. The van der Waals surface area contributed by atoms with Gasteiger partial charge < -0.3 is 10.6 Å². The number of nitrogens with one attached hydrogen (secondary N) is 2. The number of benzene rings is 2. The molecular formula is C19H24FIN4O2. The van der Waals surface area contributed by atoms with E-state index in [-0.39, 0.29) is 35.5 Å². The fraction of sp³-hybridized carbons (Fsp3) is 0.316. The molecule has 0 aliphatic rings. The van der Waals surface area contributed by atoms with Crippen molar-refractivity contribution in [1.82, 2.24) is 10.6 Å². The Morgan fingerprint density at radius 2 is 1.89 bits per heavy atom. The number of nitrogens with zero attached hydrogens (tertiary/aromatic N) is 2. The molecule has 146 valence electrons. The smallest absolute Gasteiger partial charge is 0.269 e. The van der Waals surface area contributed by atoms with Crippen molar-refractivity contribution in [2.24, 2.45) is 4.99 Å². The van der Waals surface area contributed by atoms with Crippen molar-refractivity contribution in [2.45, 2.75) is 26.8 Å². The predicted octanol–water partition coefficient (Wildman–Crippen LogP) is 3.96. The molecule has 0 spiro atoms. The number of guanidine groups is 1. The molecule has 0 heterocycles. The van der Waals surface area contributed by atoms with Crippen molar-refractivity contribution in [2.75, 3.05) is 13.1 Å². The fourth-order valence-corrected chi connectivity index (χ4v) is 2.49. The average molecular weight is 486 g/mol. The van der Waals surface area contributed by atoms with Gasteiger partial charge in [0.1, 0.15) is 5.82 Å². The maximum absolute atomic E-state index is 13.1. The van der Waals surface area contributed by atoms with Gasteiger partial charge in [-0.05, 0) is 49.1 Å². The molecule has 0 aliphatic carbocycles. The Hall–Kier alpha value is -2.23. The summed E-state index contributed by atoms with van der Waals surface area (Å²) in [6.45, 7) is 5.68. The number of aryl methyl sites for hydroxylation is 1. The third-order valence-corrected chi connectivity index (χ3v) is 3.90. The first-order valence-corrected chi connectivity index (χ1v) is 8.50. The van der Waals surface area contributed by atoms with Crippen LogP contribution in [0.1, 0.15) is 23.6 Å². The lowest BCUT2D eigenvalue weighted by atomic mass is 10.1. The van der Waals surface area contributed by atoms with Crippen LogP contribution in [-0.2, 0) is 13.0 Å². The van der Waals surface area contributed by atoms with Gasteiger partial charge in [-0.3, -0.25) is 10.1 Å². The molecule has 2 aromatic carbocycles. The fourth-order valence-electron chi connectivity index (χ4n) is 2.49. The molecule has 0 unspecified atom stereocenters. The third kappa shape index (κ3) is 7.49. The summed E-state index contributed by atoms with van der Waals surface area (Å²) >= 11 is 0. The quantitative estimate of drug-likeness (QED) is 0.204. The molecule has 8 heteroatoms. The summed E-state index contributed by atoms with van der Waals surface area (Å²) in [5.41, 5.74) is 2.98. The second-order valence-corrected chi connectivity index (χ2v) is 5.87.